The van der Waals surface area contributed by atoms with E-state index >= 15 is 0 Å². The number of anilines is 2. The van der Waals surface area contributed by atoms with Crippen LogP contribution in [0.3, 0.4) is 0 Å². The van der Waals surface area contributed by atoms with Crippen LogP contribution in [0.4, 0.5) is 15.9 Å². The second-order valence-electron chi connectivity index (χ2n) is 9.51. The first-order valence-corrected chi connectivity index (χ1v) is 13.8. The number of furan rings is 1. The molecule has 2 aliphatic heterocycles. The molecule has 0 unspecified atom stereocenters. The Morgan fingerprint density at radius 2 is 1.74 bits per heavy atom. The number of aromatic nitrogens is 2. The SMILES string of the molecule is COCc1cc(N2CCN(c3ccccc3F)CC2)nc(SCc2ccc(C(=O)N3CCN(C)CC3)o2)n1. The molecule has 4 heterocycles. The Hall–Kier alpha value is -3.15. The molecule has 2 fully saturated rings. The lowest BCUT2D eigenvalue weighted by Gasteiger charge is -2.37. The van der Waals surface area contributed by atoms with E-state index in [1.165, 1.54) is 17.8 Å². The first-order valence-electron chi connectivity index (χ1n) is 12.8. The molecule has 0 radical (unpaired) electrons. The molecule has 0 N–H and O–H groups in total. The first-order chi connectivity index (χ1) is 18.5. The van der Waals surface area contributed by atoms with E-state index in [1.807, 2.05) is 29.2 Å². The lowest BCUT2D eigenvalue weighted by molar-refractivity contribution is 0.0631. The molecule has 202 valence electrons. The highest BCUT2D eigenvalue weighted by atomic mass is 32.2. The molecule has 9 nitrogen and oxygen atoms in total. The van der Waals surface area contributed by atoms with Gasteiger partial charge in [-0.25, -0.2) is 14.4 Å². The lowest BCUT2D eigenvalue weighted by atomic mass is 10.2. The lowest BCUT2D eigenvalue weighted by Crippen LogP contribution is -2.47. The van der Waals surface area contributed by atoms with E-state index in [2.05, 4.69) is 26.7 Å². The minimum Gasteiger partial charge on any atom is -0.455 e. The number of piperazine rings is 2. The fraction of sp³-hybridized carbons (Fsp3) is 0.444. The number of thioether (sulfide) groups is 1. The second-order valence-corrected chi connectivity index (χ2v) is 10.5. The topological polar surface area (TPSA) is 78.2 Å². The van der Waals surface area contributed by atoms with Crippen LogP contribution in [-0.4, -0.2) is 92.2 Å². The molecular weight excluding hydrogens is 507 g/mol. The number of methoxy groups -OCH3 is 1. The third kappa shape index (κ3) is 6.28. The summed E-state index contributed by atoms with van der Waals surface area (Å²) in [5.41, 5.74) is 1.43. The van der Waals surface area contributed by atoms with Gasteiger partial charge in [-0.15, -0.1) is 0 Å². The zero-order valence-corrected chi connectivity index (χ0v) is 22.6. The second kappa shape index (κ2) is 12.1. The van der Waals surface area contributed by atoms with Crippen LogP contribution >= 0.6 is 11.8 Å². The average Bonchev–Trinajstić information content (AvgIpc) is 3.42. The van der Waals surface area contributed by atoms with Gasteiger partial charge < -0.3 is 28.8 Å². The highest BCUT2D eigenvalue weighted by Gasteiger charge is 2.24. The van der Waals surface area contributed by atoms with Gasteiger partial charge in [-0.3, -0.25) is 4.79 Å². The molecule has 2 aliphatic rings. The van der Waals surface area contributed by atoms with E-state index in [-0.39, 0.29) is 11.7 Å². The number of amides is 1. The third-order valence-electron chi connectivity index (χ3n) is 6.84. The molecular formula is C27H33FN6O3S. The number of para-hydroxylation sites is 1. The van der Waals surface area contributed by atoms with Gasteiger partial charge >= 0.3 is 0 Å². The largest absolute Gasteiger partial charge is 0.455 e. The zero-order valence-electron chi connectivity index (χ0n) is 21.8. The fourth-order valence-electron chi connectivity index (χ4n) is 4.66. The molecule has 5 rings (SSSR count). The van der Waals surface area contributed by atoms with Crippen molar-refractivity contribution in [2.75, 3.05) is 76.3 Å². The maximum absolute atomic E-state index is 14.2. The van der Waals surface area contributed by atoms with Crippen molar-refractivity contribution >= 4 is 29.2 Å². The van der Waals surface area contributed by atoms with E-state index in [0.717, 1.165) is 37.7 Å². The zero-order chi connectivity index (χ0) is 26.5. The number of hydrogen-bond donors (Lipinski definition) is 0. The van der Waals surface area contributed by atoms with Gasteiger partial charge in [-0.05, 0) is 31.3 Å². The molecule has 11 heteroatoms. The smallest absolute Gasteiger partial charge is 0.289 e. The third-order valence-corrected chi connectivity index (χ3v) is 7.71. The molecule has 0 saturated carbocycles. The summed E-state index contributed by atoms with van der Waals surface area (Å²) in [7, 11) is 3.70. The van der Waals surface area contributed by atoms with Crippen molar-refractivity contribution < 1.29 is 18.3 Å². The number of carbonyl (C=O) groups excluding carboxylic acids is 1. The van der Waals surface area contributed by atoms with Gasteiger partial charge in [0.05, 0.1) is 23.7 Å². The molecule has 2 saturated heterocycles. The molecule has 2 aromatic heterocycles. The van der Waals surface area contributed by atoms with Gasteiger partial charge in [-0.1, -0.05) is 23.9 Å². The van der Waals surface area contributed by atoms with Crippen LogP contribution in [0.15, 0.2) is 52.0 Å². The van der Waals surface area contributed by atoms with Crippen LogP contribution in [-0.2, 0) is 17.1 Å². The molecule has 0 spiro atoms. The summed E-state index contributed by atoms with van der Waals surface area (Å²) >= 11 is 1.46. The number of likely N-dealkylation sites (N-methyl/N-ethyl adjacent to an activating group) is 1. The fourth-order valence-corrected chi connectivity index (χ4v) is 5.43. The number of rotatable bonds is 8. The molecule has 38 heavy (non-hydrogen) atoms. The van der Waals surface area contributed by atoms with Gasteiger partial charge in [0, 0.05) is 65.5 Å². The predicted octanol–water partition coefficient (Wildman–Crippen LogP) is 3.36. The standard InChI is InChI=1S/C27H33FN6O3S/c1-31-9-11-34(12-10-31)26(35)24-8-7-21(37-24)19-38-27-29-20(18-36-2)17-25(30-27)33-15-13-32(14-16-33)23-6-4-3-5-22(23)28/h3-8,17H,9-16,18-19H2,1-2H3. The monoisotopic (exact) mass is 540 g/mol. The van der Waals surface area contributed by atoms with Crippen molar-refractivity contribution in [2.24, 2.45) is 0 Å². The van der Waals surface area contributed by atoms with Crippen LogP contribution in [0.25, 0.3) is 0 Å². The first kappa shape index (κ1) is 26.5. The molecule has 0 bridgehead atoms. The van der Waals surface area contributed by atoms with E-state index in [1.54, 1.807) is 19.2 Å². The summed E-state index contributed by atoms with van der Waals surface area (Å²) in [6.07, 6.45) is 0. The van der Waals surface area contributed by atoms with Crippen molar-refractivity contribution in [1.29, 1.82) is 0 Å². The Morgan fingerprint density at radius 3 is 2.47 bits per heavy atom. The van der Waals surface area contributed by atoms with E-state index < -0.39 is 0 Å². The quantitative estimate of drug-likeness (QED) is 0.316. The molecule has 0 aliphatic carbocycles. The van der Waals surface area contributed by atoms with E-state index in [0.29, 0.717) is 60.9 Å². The van der Waals surface area contributed by atoms with Crippen molar-refractivity contribution in [3.05, 3.63) is 65.5 Å². The minimum absolute atomic E-state index is 0.0653. The van der Waals surface area contributed by atoms with Crippen LogP contribution in [0.5, 0.6) is 0 Å². The van der Waals surface area contributed by atoms with Crippen molar-refractivity contribution in [3.63, 3.8) is 0 Å². The van der Waals surface area contributed by atoms with Crippen LogP contribution in [0.1, 0.15) is 22.0 Å². The summed E-state index contributed by atoms with van der Waals surface area (Å²) in [5, 5.41) is 0.620. The van der Waals surface area contributed by atoms with Gasteiger partial charge in [0.1, 0.15) is 17.4 Å². The molecule has 1 amide bonds. The Morgan fingerprint density at radius 1 is 1.00 bits per heavy atom. The van der Waals surface area contributed by atoms with E-state index in [4.69, 9.17) is 14.1 Å². The number of benzene rings is 1. The van der Waals surface area contributed by atoms with Crippen LogP contribution < -0.4 is 9.80 Å². The minimum atomic E-state index is -0.199. The summed E-state index contributed by atoms with van der Waals surface area (Å²) in [6, 6.07) is 12.4. The normalized spacial score (nSPS) is 16.8. The number of nitrogens with zero attached hydrogens (tertiary/aromatic N) is 6. The summed E-state index contributed by atoms with van der Waals surface area (Å²) in [5.74, 6) is 2.14. The van der Waals surface area contributed by atoms with Gasteiger partial charge in [0.25, 0.3) is 5.91 Å². The van der Waals surface area contributed by atoms with Crippen LogP contribution in [0.2, 0.25) is 0 Å². The molecule has 1 aromatic carbocycles. The van der Waals surface area contributed by atoms with Crippen molar-refractivity contribution in [2.45, 2.75) is 17.5 Å². The van der Waals surface area contributed by atoms with Gasteiger partial charge in [-0.2, -0.15) is 0 Å². The van der Waals surface area contributed by atoms with Gasteiger partial charge in [0.15, 0.2) is 10.9 Å². The number of carbonyl (C=O) groups is 1. The predicted molar refractivity (Wildman–Crippen MR) is 145 cm³/mol. The maximum atomic E-state index is 14.2. The summed E-state index contributed by atoms with van der Waals surface area (Å²) in [6.45, 7) is 6.36. The van der Waals surface area contributed by atoms with Crippen molar-refractivity contribution in [3.8, 4) is 0 Å². The maximum Gasteiger partial charge on any atom is 0.289 e. The summed E-state index contributed by atoms with van der Waals surface area (Å²) in [4.78, 5) is 30.6. The highest BCUT2D eigenvalue weighted by Crippen LogP contribution is 2.26. The van der Waals surface area contributed by atoms with Crippen LogP contribution in [0, 0.1) is 5.82 Å². The molecule has 0 atom stereocenters. The molecule has 3 aromatic rings. The average molecular weight is 541 g/mol. The van der Waals surface area contributed by atoms with Gasteiger partial charge in [0.2, 0.25) is 0 Å². The summed E-state index contributed by atoms with van der Waals surface area (Å²) < 4.78 is 25.5. The van der Waals surface area contributed by atoms with E-state index in [9.17, 15) is 9.18 Å². The Labute approximate surface area is 226 Å². The highest BCUT2D eigenvalue weighted by molar-refractivity contribution is 7.98. The Balaban J connectivity index is 1.22. The number of ether oxygens (including phenoxy) is 1. The number of halogens is 1. The van der Waals surface area contributed by atoms with Crippen molar-refractivity contribution in [1.82, 2.24) is 19.8 Å². The Kier molecular flexibility index (Phi) is 8.45. The Bertz CT molecular complexity index is 1240. The number of hydrogen-bond acceptors (Lipinski definition) is 9.